The molecule has 0 aliphatic heterocycles. The van der Waals surface area contributed by atoms with Crippen molar-refractivity contribution in [1.82, 2.24) is 15.0 Å². The monoisotopic (exact) mass is 286 g/mol. The zero-order chi connectivity index (χ0) is 15.1. The highest BCUT2D eigenvalue weighted by Crippen LogP contribution is 2.13. The maximum Gasteiger partial charge on any atom is 0.133 e. The van der Waals surface area contributed by atoms with E-state index in [0.717, 1.165) is 42.5 Å². The number of aryl methyl sites for hydroxylation is 1. The molecule has 2 N–H and O–H groups in total. The molecule has 0 saturated carbocycles. The summed E-state index contributed by atoms with van der Waals surface area (Å²) in [6, 6.07) is 3.94. The fourth-order valence-electron chi connectivity index (χ4n) is 1.87. The summed E-state index contributed by atoms with van der Waals surface area (Å²) >= 11 is 0. The largest absolute Gasteiger partial charge is 0.383 e. The summed E-state index contributed by atoms with van der Waals surface area (Å²) in [6.07, 6.45) is 5.23. The fraction of sp³-hybridized carbons (Fsp3) is 0.400. The van der Waals surface area contributed by atoms with E-state index in [1.807, 2.05) is 32.3 Å². The first-order chi connectivity index (χ1) is 10.2. The number of hydrogen-bond donors (Lipinski definition) is 2. The summed E-state index contributed by atoms with van der Waals surface area (Å²) in [5.41, 5.74) is 2.26. The third-order valence-electron chi connectivity index (χ3n) is 3.28. The lowest BCUT2D eigenvalue weighted by atomic mass is 10.2. The molecule has 0 saturated heterocycles. The predicted octanol–water partition coefficient (Wildman–Crippen LogP) is 2.16. The molecule has 2 rings (SSSR count). The number of nitrogens with zero attached hydrogens (tertiary/aromatic N) is 4. The Morgan fingerprint density at radius 2 is 2.00 bits per heavy atom. The van der Waals surface area contributed by atoms with Gasteiger partial charge in [0.25, 0.3) is 0 Å². The molecule has 0 unspecified atom stereocenters. The van der Waals surface area contributed by atoms with Crippen LogP contribution in [0, 0.1) is 6.92 Å². The molecule has 112 valence electrons. The van der Waals surface area contributed by atoms with E-state index in [1.165, 1.54) is 0 Å². The number of hydrogen-bond acceptors (Lipinski definition) is 6. The van der Waals surface area contributed by atoms with Gasteiger partial charge in [0.15, 0.2) is 0 Å². The van der Waals surface area contributed by atoms with Crippen molar-refractivity contribution < 1.29 is 0 Å². The van der Waals surface area contributed by atoms with Crippen molar-refractivity contribution in [2.24, 2.45) is 0 Å². The average Bonchev–Trinajstić information content (AvgIpc) is 2.52. The van der Waals surface area contributed by atoms with Gasteiger partial charge in [-0.3, -0.25) is 4.98 Å². The summed E-state index contributed by atoms with van der Waals surface area (Å²) in [6.45, 7) is 6.65. The number of anilines is 3. The molecule has 0 aliphatic carbocycles. The summed E-state index contributed by atoms with van der Waals surface area (Å²) < 4.78 is 0. The molecule has 0 fully saturated rings. The van der Waals surface area contributed by atoms with Crippen molar-refractivity contribution in [3.8, 4) is 0 Å². The first-order valence-electron chi connectivity index (χ1n) is 7.12. The molecule has 0 atom stereocenters. The fourth-order valence-corrected chi connectivity index (χ4v) is 1.87. The molecule has 0 radical (unpaired) electrons. The second kappa shape index (κ2) is 7.42. The van der Waals surface area contributed by atoms with Gasteiger partial charge in [-0.15, -0.1) is 0 Å². The van der Waals surface area contributed by atoms with E-state index in [0.29, 0.717) is 0 Å². The zero-order valence-corrected chi connectivity index (χ0v) is 12.8. The van der Waals surface area contributed by atoms with E-state index >= 15 is 0 Å². The SMILES string of the molecule is CCN(C)c1cc(NCCNc2ccncc2C)ncn1. The molecule has 6 nitrogen and oxygen atoms in total. The Balaban J connectivity index is 1.82. The first-order valence-corrected chi connectivity index (χ1v) is 7.12. The number of aromatic nitrogens is 3. The van der Waals surface area contributed by atoms with Gasteiger partial charge in [0.1, 0.15) is 18.0 Å². The highest BCUT2D eigenvalue weighted by atomic mass is 15.2. The van der Waals surface area contributed by atoms with E-state index in [1.54, 1.807) is 12.5 Å². The van der Waals surface area contributed by atoms with Gasteiger partial charge in [-0.25, -0.2) is 9.97 Å². The second-order valence-electron chi connectivity index (χ2n) is 4.82. The molecule has 0 aromatic carbocycles. The summed E-state index contributed by atoms with van der Waals surface area (Å²) in [7, 11) is 2.01. The van der Waals surface area contributed by atoms with Crippen molar-refractivity contribution in [2.45, 2.75) is 13.8 Å². The second-order valence-corrected chi connectivity index (χ2v) is 4.82. The molecule has 0 bridgehead atoms. The molecule has 0 amide bonds. The minimum Gasteiger partial charge on any atom is -0.383 e. The first kappa shape index (κ1) is 15.0. The van der Waals surface area contributed by atoms with Crippen LogP contribution in [0.5, 0.6) is 0 Å². The number of rotatable bonds is 7. The third-order valence-corrected chi connectivity index (χ3v) is 3.28. The van der Waals surface area contributed by atoms with Gasteiger partial charge in [-0.2, -0.15) is 0 Å². The van der Waals surface area contributed by atoms with Gasteiger partial charge in [0.05, 0.1) is 0 Å². The zero-order valence-electron chi connectivity index (χ0n) is 12.8. The highest BCUT2D eigenvalue weighted by molar-refractivity contribution is 5.50. The van der Waals surface area contributed by atoms with E-state index in [-0.39, 0.29) is 0 Å². The Kier molecular flexibility index (Phi) is 5.31. The summed E-state index contributed by atoms with van der Waals surface area (Å²) in [5.74, 6) is 1.77. The lowest BCUT2D eigenvalue weighted by Crippen LogP contribution is -2.18. The quantitative estimate of drug-likeness (QED) is 0.760. The molecule has 0 spiro atoms. The Bertz CT molecular complexity index is 572. The van der Waals surface area contributed by atoms with Crippen LogP contribution in [-0.4, -0.2) is 41.6 Å². The van der Waals surface area contributed by atoms with Crippen molar-refractivity contribution in [3.63, 3.8) is 0 Å². The lowest BCUT2D eigenvalue weighted by Gasteiger charge is -2.16. The summed E-state index contributed by atoms with van der Waals surface area (Å²) in [4.78, 5) is 14.6. The van der Waals surface area contributed by atoms with Gasteiger partial charge in [-0.1, -0.05) is 0 Å². The topological polar surface area (TPSA) is 66.0 Å². The van der Waals surface area contributed by atoms with E-state index in [2.05, 4.69) is 37.4 Å². The molecule has 2 aromatic rings. The predicted molar refractivity (Wildman–Crippen MR) is 86.9 cm³/mol. The van der Waals surface area contributed by atoms with Crippen molar-refractivity contribution in [2.75, 3.05) is 42.2 Å². The molecule has 2 aromatic heterocycles. The lowest BCUT2D eigenvalue weighted by molar-refractivity contribution is 0.926. The summed E-state index contributed by atoms with van der Waals surface area (Å²) in [5, 5.41) is 6.67. The third kappa shape index (κ3) is 4.30. The van der Waals surface area contributed by atoms with Crippen molar-refractivity contribution in [1.29, 1.82) is 0 Å². The van der Waals surface area contributed by atoms with Crippen LogP contribution in [-0.2, 0) is 0 Å². The van der Waals surface area contributed by atoms with Crippen LogP contribution in [0.4, 0.5) is 17.3 Å². The van der Waals surface area contributed by atoms with Crippen LogP contribution in [0.2, 0.25) is 0 Å². The van der Waals surface area contributed by atoms with E-state index < -0.39 is 0 Å². The maximum absolute atomic E-state index is 4.25. The molecule has 6 heteroatoms. The van der Waals surface area contributed by atoms with Crippen LogP contribution in [0.3, 0.4) is 0 Å². The maximum atomic E-state index is 4.25. The molecular weight excluding hydrogens is 264 g/mol. The number of nitrogens with one attached hydrogen (secondary N) is 2. The van der Waals surface area contributed by atoms with Gasteiger partial charge in [-0.05, 0) is 25.5 Å². The Labute approximate surface area is 125 Å². The van der Waals surface area contributed by atoms with Crippen LogP contribution in [0.25, 0.3) is 0 Å². The normalized spacial score (nSPS) is 10.2. The van der Waals surface area contributed by atoms with Gasteiger partial charge in [0, 0.05) is 50.8 Å². The van der Waals surface area contributed by atoms with Crippen LogP contribution in [0.1, 0.15) is 12.5 Å². The van der Waals surface area contributed by atoms with E-state index in [4.69, 9.17) is 0 Å². The minimum absolute atomic E-state index is 0.786. The highest BCUT2D eigenvalue weighted by Gasteiger charge is 2.02. The number of pyridine rings is 1. The molecule has 2 heterocycles. The van der Waals surface area contributed by atoms with Crippen LogP contribution < -0.4 is 15.5 Å². The van der Waals surface area contributed by atoms with Crippen molar-refractivity contribution in [3.05, 3.63) is 36.4 Å². The average molecular weight is 286 g/mol. The molecule has 0 aliphatic rings. The van der Waals surface area contributed by atoms with Crippen LogP contribution in [0.15, 0.2) is 30.9 Å². The van der Waals surface area contributed by atoms with Crippen LogP contribution >= 0.6 is 0 Å². The molecular formula is C15H22N6. The van der Waals surface area contributed by atoms with Crippen molar-refractivity contribution >= 4 is 17.3 Å². The van der Waals surface area contributed by atoms with Gasteiger partial charge >= 0.3 is 0 Å². The van der Waals surface area contributed by atoms with Gasteiger partial charge in [0.2, 0.25) is 0 Å². The minimum atomic E-state index is 0.786. The van der Waals surface area contributed by atoms with Gasteiger partial charge < -0.3 is 15.5 Å². The van der Waals surface area contributed by atoms with E-state index in [9.17, 15) is 0 Å². The molecule has 21 heavy (non-hydrogen) atoms. The smallest absolute Gasteiger partial charge is 0.133 e. The Hall–Kier alpha value is -2.37. The Morgan fingerprint density at radius 1 is 1.19 bits per heavy atom. The standard InChI is InChI=1S/C15H22N6/c1-4-21(3)15-9-14(19-11-20-15)18-8-7-17-13-5-6-16-10-12(13)2/h5-6,9-11H,4,7-8H2,1-3H3,(H,16,17)(H,18,19,20). The Morgan fingerprint density at radius 3 is 2.76 bits per heavy atom.